The van der Waals surface area contributed by atoms with Crippen molar-refractivity contribution in [1.82, 2.24) is 19.3 Å². The monoisotopic (exact) mass is 282 g/mol. The van der Waals surface area contributed by atoms with Crippen molar-refractivity contribution < 1.29 is 0 Å². The zero-order valence-electron chi connectivity index (χ0n) is 9.74. The number of rotatable bonds is 3. The third-order valence-corrected chi connectivity index (χ3v) is 3.73. The molecule has 0 aromatic carbocycles. The van der Waals surface area contributed by atoms with E-state index < -0.39 is 0 Å². The van der Waals surface area contributed by atoms with Gasteiger partial charge in [0.2, 0.25) is 0 Å². The molecule has 2 aromatic heterocycles. The molecule has 5 heteroatoms. The van der Waals surface area contributed by atoms with Crippen LogP contribution in [-0.4, -0.2) is 19.3 Å². The van der Waals surface area contributed by atoms with Gasteiger partial charge in [-0.15, -0.1) is 0 Å². The summed E-state index contributed by atoms with van der Waals surface area (Å²) in [4.78, 5) is 4.22. The summed E-state index contributed by atoms with van der Waals surface area (Å²) >= 11 is 3.60. The van der Waals surface area contributed by atoms with Gasteiger partial charge in [-0.3, -0.25) is 4.68 Å². The van der Waals surface area contributed by atoms with Crippen molar-refractivity contribution in [1.29, 1.82) is 0 Å². The highest BCUT2D eigenvalue weighted by Crippen LogP contribution is 2.22. The number of halogens is 1. The Labute approximate surface area is 103 Å². The zero-order chi connectivity index (χ0) is 11.7. The molecule has 0 radical (unpaired) electrons. The second-order valence-electron chi connectivity index (χ2n) is 3.76. The van der Waals surface area contributed by atoms with Crippen LogP contribution in [0.15, 0.2) is 16.9 Å². The first-order valence-electron chi connectivity index (χ1n) is 5.33. The van der Waals surface area contributed by atoms with E-state index in [0.29, 0.717) is 0 Å². The third-order valence-electron chi connectivity index (χ3n) is 2.70. The van der Waals surface area contributed by atoms with Crippen LogP contribution >= 0.6 is 15.9 Å². The van der Waals surface area contributed by atoms with Crippen LogP contribution in [0.3, 0.4) is 0 Å². The van der Waals surface area contributed by atoms with E-state index in [-0.39, 0.29) is 0 Å². The maximum Gasteiger partial charge on any atom is 0.105 e. The third kappa shape index (κ3) is 1.91. The lowest BCUT2D eigenvalue weighted by molar-refractivity contribution is 0.592. The minimum absolute atomic E-state index is 0.807. The highest BCUT2D eigenvalue weighted by atomic mass is 79.9. The summed E-state index contributed by atoms with van der Waals surface area (Å²) in [7, 11) is 0. The molecular weight excluding hydrogens is 268 g/mol. The highest BCUT2D eigenvalue weighted by molar-refractivity contribution is 9.10. The van der Waals surface area contributed by atoms with Crippen LogP contribution in [-0.2, 0) is 13.1 Å². The molecule has 0 saturated heterocycles. The summed E-state index contributed by atoms with van der Waals surface area (Å²) < 4.78 is 5.24. The molecule has 0 amide bonds. The lowest BCUT2D eigenvalue weighted by Gasteiger charge is -2.07. The van der Waals surface area contributed by atoms with Gasteiger partial charge in [0.05, 0.1) is 22.4 Å². The van der Waals surface area contributed by atoms with Crippen molar-refractivity contribution >= 4 is 15.9 Å². The van der Waals surface area contributed by atoms with Crippen molar-refractivity contribution in [2.45, 2.75) is 33.9 Å². The van der Waals surface area contributed by atoms with Gasteiger partial charge in [-0.1, -0.05) is 0 Å². The van der Waals surface area contributed by atoms with Gasteiger partial charge < -0.3 is 4.57 Å². The molecule has 4 nitrogen and oxygen atoms in total. The molecule has 0 aliphatic rings. The van der Waals surface area contributed by atoms with Gasteiger partial charge in [-0.25, -0.2) is 4.98 Å². The molecule has 0 spiro atoms. The van der Waals surface area contributed by atoms with Crippen LogP contribution in [0.1, 0.15) is 24.1 Å². The van der Waals surface area contributed by atoms with E-state index in [1.807, 2.05) is 30.9 Å². The van der Waals surface area contributed by atoms with Crippen molar-refractivity contribution in [3.63, 3.8) is 0 Å². The summed E-state index contributed by atoms with van der Waals surface area (Å²) in [5.74, 6) is 1.02. The molecule has 86 valence electrons. The van der Waals surface area contributed by atoms with Gasteiger partial charge >= 0.3 is 0 Å². The summed E-state index contributed by atoms with van der Waals surface area (Å²) in [6.07, 6.45) is 3.81. The fourth-order valence-electron chi connectivity index (χ4n) is 1.75. The molecule has 16 heavy (non-hydrogen) atoms. The van der Waals surface area contributed by atoms with E-state index in [2.05, 4.69) is 37.5 Å². The van der Waals surface area contributed by atoms with Gasteiger partial charge in [0.15, 0.2) is 0 Å². The molecule has 0 fully saturated rings. The largest absolute Gasteiger partial charge is 0.329 e. The number of nitrogens with zero attached hydrogens (tertiary/aromatic N) is 4. The first-order valence-corrected chi connectivity index (χ1v) is 6.12. The van der Waals surface area contributed by atoms with Crippen LogP contribution in [0.2, 0.25) is 0 Å². The van der Waals surface area contributed by atoms with E-state index in [4.69, 9.17) is 0 Å². The average molecular weight is 283 g/mol. The van der Waals surface area contributed by atoms with Crippen LogP contribution in [0, 0.1) is 13.8 Å². The Morgan fingerprint density at radius 2 is 2.12 bits per heavy atom. The Bertz CT molecular complexity index is 498. The van der Waals surface area contributed by atoms with E-state index in [0.717, 1.165) is 29.1 Å². The number of hydrogen-bond donors (Lipinski definition) is 0. The van der Waals surface area contributed by atoms with Crippen LogP contribution < -0.4 is 0 Å². The van der Waals surface area contributed by atoms with Crippen LogP contribution in [0.25, 0.3) is 0 Å². The maximum atomic E-state index is 4.47. The Morgan fingerprint density at radius 3 is 2.69 bits per heavy atom. The summed E-state index contributed by atoms with van der Waals surface area (Å²) in [6, 6.07) is 0. The summed E-state index contributed by atoms with van der Waals surface area (Å²) in [5.41, 5.74) is 2.23. The Balaban J connectivity index is 2.37. The number of imidazole rings is 1. The molecule has 0 aliphatic carbocycles. The molecule has 2 rings (SSSR count). The molecule has 2 aromatic rings. The standard InChI is InChI=1S/C11H15BrN4/c1-4-16-10(11(12)8(2)14-16)7-15-6-5-13-9(15)3/h5-6H,4,7H2,1-3H3. The molecule has 0 unspecified atom stereocenters. The first-order chi connectivity index (χ1) is 7.63. The fourth-order valence-corrected chi connectivity index (χ4v) is 2.16. The maximum absolute atomic E-state index is 4.47. The van der Waals surface area contributed by atoms with Crippen molar-refractivity contribution in [2.75, 3.05) is 0 Å². The zero-order valence-corrected chi connectivity index (χ0v) is 11.3. The Kier molecular flexibility index (Phi) is 3.14. The first kappa shape index (κ1) is 11.4. The normalized spacial score (nSPS) is 11.0. The van der Waals surface area contributed by atoms with Crippen LogP contribution in [0.4, 0.5) is 0 Å². The molecule has 0 aliphatic heterocycles. The molecular formula is C11H15BrN4. The van der Waals surface area contributed by atoms with E-state index in [9.17, 15) is 0 Å². The molecule has 0 bridgehead atoms. The Hall–Kier alpha value is -1.10. The van der Waals surface area contributed by atoms with E-state index in [1.54, 1.807) is 0 Å². The SMILES string of the molecule is CCn1nc(C)c(Br)c1Cn1ccnc1C. The average Bonchev–Trinajstić information content (AvgIpc) is 2.78. The molecule has 0 N–H and O–H groups in total. The van der Waals surface area contributed by atoms with E-state index >= 15 is 0 Å². The van der Waals surface area contributed by atoms with Crippen molar-refractivity contribution in [3.05, 3.63) is 34.1 Å². The van der Waals surface area contributed by atoms with E-state index in [1.165, 1.54) is 5.69 Å². The van der Waals surface area contributed by atoms with Gasteiger partial charge in [-0.2, -0.15) is 5.10 Å². The number of aryl methyl sites for hydroxylation is 3. The van der Waals surface area contributed by atoms with Crippen molar-refractivity contribution in [2.24, 2.45) is 0 Å². The minimum atomic E-state index is 0.807. The molecule has 2 heterocycles. The summed E-state index contributed by atoms with van der Waals surface area (Å²) in [5, 5.41) is 4.47. The topological polar surface area (TPSA) is 35.6 Å². The van der Waals surface area contributed by atoms with Crippen LogP contribution in [0.5, 0.6) is 0 Å². The smallest absolute Gasteiger partial charge is 0.105 e. The minimum Gasteiger partial charge on any atom is -0.329 e. The van der Waals surface area contributed by atoms with Gasteiger partial charge in [0, 0.05) is 18.9 Å². The molecule has 0 atom stereocenters. The Morgan fingerprint density at radius 1 is 1.38 bits per heavy atom. The lowest BCUT2D eigenvalue weighted by Crippen LogP contribution is -2.08. The van der Waals surface area contributed by atoms with Crippen molar-refractivity contribution in [3.8, 4) is 0 Å². The predicted molar refractivity (Wildman–Crippen MR) is 66.4 cm³/mol. The van der Waals surface area contributed by atoms with Gasteiger partial charge in [0.25, 0.3) is 0 Å². The predicted octanol–water partition coefficient (Wildman–Crippen LogP) is 2.53. The van der Waals surface area contributed by atoms with Gasteiger partial charge in [-0.05, 0) is 36.7 Å². The quantitative estimate of drug-likeness (QED) is 0.867. The second-order valence-corrected chi connectivity index (χ2v) is 4.56. The lowest BCUT2D eigenvalue weighted by atomic mass is 10.3. The fraction of sp³-hybridized carbons (Fsp3) is 0.455. The summed E-state index contributed by atoms with van der Waals surface area (Å²) in [6.45, 7) is 7.81. The second kappa shape index (κ2) is 4.41. The number of aromatic nitrogens is 4. The molecule has 0 saturated carbocycles. The highest BCUT2D eigenvalue weighted by Gasteiger charge is 2.12. The van der Waals surface area contributed by atoms with Gasteiger partial charge in [0.1, 0.15) is 5.82 Å². The number of hydrogen-bond acceptors (Lipinski definition) is 2.